The molecule has 0 unspecified atom stereocenters. The Morgan fingerprint density at radius 1 is 1.07 bits per heavy atom. The molecule has 2 aliphatic heterocycles. The first-order valence-electron chi connectivity index (χ1n) is 9.50. The fraction of sp³-hybridized carbons (Fsp3) is 0.286. The van der Waals surface area contributed by atoms with E-state index in [1.165, 1.54) is 13.0 Å². The lowest BCUT2D eigenvalue weighted by atomic mass is 9.99. The Hall–Kier alpha value is -3.00. The summed E-state index contributed by atoms with van der Waals surface area (Å²) < 4.78 is 28.8. The maximum atomic E-state index is 13.0. The second kappa shape index (κ2) is 7.44. The van der Waals surface area contributed by atoms with Gasteiger partial charge in [-0.2, -0.15) is 8.42 Å². The lowest BCUT2D eigenvalue weighted by Gasteiger charge is -2.36. The van der Waals surface area contributed by atoms with Crippen molar-refractivity contribution in [1.82, 2.24) is 4.90 Å². The maximum Gasteiger partial charge on any atom is 0.285 e. The number of hydrogen-bond donors (Lipinski definition) is 1. The van der Waals surface area contributed by atoms with Gasteiger partial charge in [0.2, 0.25) is 5.91 Å². The quantitative estimate of drug-likeness (QED) is 0.784. The first-order valence-corrected chi connectivity index (χ1v) is 10.9. The number of anilines is 1. The molecule has 2 aromatic carbocycles. The van der Waals surface area contributed by atoms with Crippen molar-refractivity contribution in [2.75, 3.05) is 11.9 Å². The molecular weight excluding hydrogens is 390 g/mol. The molecule has 8 heteroatoms. The van der Waals surface area contributed by atoms with Crippen LogP contribution in [-0.2, 0) is 14.8 Å². The smallest absolute Gasteiger partial charge is 0.285 e. The van der Waals surface area contributed by atoms with E-state index in [-0.39, 0.29) is 16.6 Å². The van der Waals surface area contributed by atoms with Crippen molar-refractivity contribution in [2.45, 2.75) is 37.1 Å². The van der Waals surface area contributed by atoms with E-state index in [0.717, 1.165) is 12.8 Å². The van der Waals surface area contributed by atoms with Gasteiger partial charge >= 0.3 is 0 Å². The van der Waals surface area contributed by atoms with Gasteiger partial charge in [0.05, 0.1) is 0 Å². The summed E-state index contributed by atoms with van der Waals surface area (Å²) in [4.78, 5) is 26.4. The predicted molar refractivity (Wildman–Crippen MR) is 110 cm³/mol. The SMILES string of the molecule is CC(=O)c1ccc(NC(=O)[C@H]2CCCCN2C2=NS(=O)(=O)c3ccccc32)cc1. The van der Waals surface area contributed by atoms with Crippen LogP contribution in [-0.4, -0.2) is 43.4 Å². The van der Waals surface area contributed by atoms with Crippen LogP contribution in [0.5, 0.6) is 0 Å². The molecule has 1 saturated heterocycles. The van der Waals surface area contributed by atoms with Gasteiger partial charge < -0.3 is 10.2 Å². The predicted octanol–water partition coefficient (Wildman–Crippen LogP) is 2.83. The molecule has 1 fully saturated rings. The van der Waals surface area contributed by atoms with Gasteiger partial charge in [-0.15, -0.1) is 4.40 Å². The summed E-state index contributed by atoms with van der Waals surface area (Å²) in [7, 11) is -3.74. The second-order valence-electron chi connectivity index (χ2n) is 7.21. The number of fused-ring (bicyclic) bond motifs is 1. The second-order valence-corrected chi connectivity index (χ2v) is 8.79. The van der Waals surface area contributed by atoms with Crippen LogP contribution < -0.4 is 5.32 Å². The first-order chi connectivity index (χ1) is 13.9. The zero-order valence-corrected chi connectivity index (χ0v) is 16.8. The highest BCUT2D eigenvalue weighted by molar-refractivity contribution is 7.90. The van der Waals surface area contributed by atoms with Crippen molar-refractivity contribution in [1.29, 1.82) is 0 Å². The van der Waals surface area contributed by atoms with E-state index in [1.54, 1.807) is 47.4 Å². The van der Waals surface area contributed by atoms with E-state index in [9.17, 15) is 18.0 Å². The summed E-state index contributed by atoms with van der Waals surface area (Å²) in [5, 5.41) is 2.88. The lowest BCUT2D eigenvalue weighted by Crippen LogP contribution is -2.50. The Morgan fingerprint density at radius 3 is 2.52 bits per heavy atom. The van der Waals surface area contributed by atoms with Gasteiger partial charge in [-0.3, -0.25) is 9.59 Å². The number of nitrogens with one attached hydrogen (secondary N) is 1. The summed E-state index contributed by atoms with van der Waals surface area (Å²) in [5.41, 5.74) is 1.70. The minimum Gasteiger partial charge on any atom is -0.343 e. The van der Waals surface area contributed by atoms with Gasteiger partial charge in [0.25, 0.3) is 10.0 Å². The molecule has 0 bridgehead atoms. The van der Waals surface area contributed by atoms with E-state index in [0.29, 0.717) is 35.6 Å². The Morgan fingerprint density at radius 2 is 1.79 bits per heavy atom. The largest absolute Gasteiger partial charge is 0.343 e. The zero-order chi connectivity index (χ0) is 20.6. The van der Waals surface area contributed by atoms with E-state index in [1.807, 2.05) is 0 Å². The molecule has 2 aliphatic rings. The third-order valence-electron chi connectivity index (χ3n) is 5.25. The number of piperidine rings is 1. The summed E-state index contributed by atoms with van der Waals surface area (Å²) in [6.07, 6.45) is 2.34. The van der Waals surface area contributed by atoms with Crippen LogP contribution in [0.15, 0.2) is 57.8 Å². The van der Waals surface area contributed by atoms with Crippen LogP contribution in [0.4, 0.5) is 5.69 Å². The molecule has 0 spiro atoms. The van der Waals surface area contributed by atoms with Crippen molar-refractivity contribution in [3.05, 3.63) is 59.7 Å². The third-order valence-corrected chi connectivity index (χ3v) is 6.57. The molecule has 0 radical (unpaired) electrons. The molecular formula is C21H21N3O4S. The van der Waals surface area contributed by atoms with Crippen LogP contribution in [0.2, 0.25) is 0 Å². The van der Waals surface area contributed by atoms with Crippen LogP contribution in [0.1, 0.15) is 42.1 Å². The van der Waals surface area contributed by atoms with Crippen LogP contribution in [0.3, 0.4) is 0 Å². The molecule has 0 saturated carbocycles. The molecule has 2 aromatic rings. The van der Waals surface area contributed by atoms with Crippen molar-refractivity contribution >= 4 is 33.2 Å². The number of amides is 1. The molecule has 1 N–H and O–H groups in total. The zero-order valence-electron chi connectivity index (χ0n) is 16.0. The number of carbonyl (C=O) groups excluding carboxylic acids is 2. The number of rotatable bonds is 3. The van der Waals surface area contributed by atoms with Gasteiger partial charge in [0.15, 0.2) is 11.6 Å². The van der Waals surface area contributed by atoms with E-state index in [4.69, 9.17) is 0 Å². The van der Waals surface area contributed by atoms with Crippen molar-refractivity contribution in [3.63, 3.8) is 0 Å². The highest BCUT2D eigenvalue weighted by atomic mass is 32.2. The topological polar surface area (TPSA) is 95.9 Å². The van der Waals surface area contributed by atoms with Crippen molar-refractivity contribution < 1.29 is 18.0 Å². The fourth-order valence-corrected chi connectivity index (χ4v) is 4.98. The average Bonchev–Trinajstić information content (AvgIpc) is 2.99. The molecule has 4 rings (SSSR count). The molecule has 7 nitrogen and oxygen atoms in total. The van der Waals surface area contributed by atoms with Gasteiger partial charge in [-0.1, -0.05) is 12.1 Å². The molecule has 2 heterocycles. The summed E-state index contributed by atoms with van der Waals surface area (Å²) in [5.74, 6) is 0.0811. The molecule has 150 valence electrons. The number of sulfonamides is 1. The molecule has 29 heavy (non-hydrogen) atoms. The van der Waals surface area contributed by atoms with E-state index >= 15 is 0 Å². The van der Waals surface area contributed by atoms with Crippen molar-refractivity contribution in [3.8, 4) is 0 Å². The summed E-state index contributed by atoms with van der Waals surface area (Å²) in [6.45, 7) is 2.05. The number of benzene rings is 2. The van der Waals surface area contributed by atoms with Gasteiger partial charge in [-0.05, 0) is 62.6 Å². The standard InChI is InChI=1S/C21H21N3O4S/c1-14(25)15-9-11-16(12-10-15)22-21(26)18-7-4-5-13-24(18)20-17-6-2-3-8-19(17)29(27,28)23-20/h2-3,6,8-12,18H,4-5,7,13H2,1H3,(H,22,26)/t18-/m1/s1. The minimum atomic E-state index is -3.74. The van der Waals surface area contributed by atoms with Crippen LogP contribution in [0.25, 0.3) is 0 Å². The highest BCUT2D eigenvalue weighted by Crippen LogP contribution is 2.31. The average molecular weight is 411 g/mol. The molecule has 0 aliphatic carbocycles. The molecule has 1 atom stereocenters. The third kappa shape index (κ3) is 3.67. The van der Waals surface area contributed by atoms with Gasteiger partial charge in [0.1, 0.15) is 10.9 Å². The lowest BCUT2D eigenvalue weighted by molar-refractivity contribution is -0.120. The monoisotopic (exact) mass is 411 g/mol. The van der Waals surface area contributed by atoms with Gasteiger partial charge in [-0.25, -0.2) is 0 Å². The number of Topliss-reactive ketones (excluding diaryl/α,β-unsaturated/α-hetero) is 1. The number of ketones is 1. The number of nitrogens with zero attached hydrogens (tertiary/aromatic N) is 2. The maximum absolute atomic E-state index is 13.0. The number of likely N-dealkylation sites (tertiary alicyclic amines) is 1. The molecule has 0 aromatic heterocycles. The van der Waals surface area contributed by atoms with E-state index in [2.05, 4.69) is 9.71 Å². The Balaban J connectivity index is 1.60. The van der Waals surface area contributed by atoms with Crippen molar-refractivity contribution in [2.24, 2.45) is 4.40 Å². The minimum absolute atomic E-state index is 0.0412. The number of carbonyl (C=O) groups is 2. The first kappa shape index (κ1) is 19.3. The van der Waals surface area contributed by atoms with Gasteiger partial charge in [0, 0.05) is 23.4 Å². The number of hydrogen-bond acceptors (Lipinski definition) is 5. The fourth-order valence-electron chi connectivity index (χ4n) is 3.77. The van der Waals surface area contributed by atoms with Crippen LogP contribution >= 0.6 is 0 Å². The molecule has 1 amide bonds. The summed E-state index contributed by atoms with van der Waals surface area (Å²) >= 11 is 0. The van der Waals surface area contributed by atoms with Crippen LogP contribution in [0, 0.1) is 0 Å². The Labute approximate surface area is 169 Å². The Kier molecular flexibility index (Phi) is 4.96. The normalized spacial score (nSPS) is 20.0. The highest BCUT2D eigenvalue weighted by Gasteiger charge is 2.37. The summed E-state index contributed by atoms with van der Waals surface area (Å²) in [6, 6.07) is 12.9. The van der Waals surface area contributed by atoms with E-state index < -0.39 is 16.1 Å². The number of amidine groups is 1. The Bertz CT molecular complexity index is 1110.